The molecule has 4 rings (SSSR count). The van der Waals surface area contributed by atoms with E-state index >= 15 is 0 Å². The minimum atomic E-state index is -0.906. The molecule has 8 nitrogen and oxygen atoms in total. The Morgan fingerprint density at radius 1 is 1.24 bits per heavy atom. The van der Waals surface area contributed by atoms with E-state index < -0.39 is 6.09 Å². The molecule has 1 fully saturated rings. The smallest absolute Gasteiger partial charge is 0.407 e. The van der Waals surface area contributed by atoms with Gasteiger partial charge in [-0.2, -0.15) is 9.97 Å². The van der Waals surface area contributed by atoms with Crippen LogP contribution in [0.15, 0.2) is 30.3 Å². The van der Waals surface area contributed by atoms with E-state index in [0.29, 0.717) is 19.0 Å². The van der Waals surface area contributed by atoms with Gasteiger partial charge in [0.2, 0.25) is 5.88 Å². The van der Waals surface area contributed by atoms with Crippen LogP contribution in [0, 0.1) is 0 Å². The fraction of sp³-hybridized carbons (Fsp3) is 0.476. The molecule has 0 saturated carbocycles. The molecular formula is C21H26N4O4. The predicted octanol–water partition coefficient (Wildman–Crippen LogP) is 2.56. The van der Waals surface area contributed by atoms with Crippen molar-refractivity contribution in [2.45, 2.75) is 38.4 Å². The summed E-state index contributed by atoms with van der Waals surface area (Å²) in [5.74, 6) is 0.547. The van der Waals surface area contributed by atoms with Crippen LogP contribution in [0.3, 0.4) is 0 Å². The van der Waals surface area contributed by atoms with Gasteiger partial charge < -0.3 is 19.5 Å². The van der Waals surface area contributed by atoms with Crippen molar-refractivity contribution in [2.75, 3.05) is 26.8 Å². The molecular weight excluding hydrogens is 372 g/mol. The molecule has 1 atom stereocenters. The lowest BCUT2D eigenvalue weighted by Crippen LogP contribution is -2.38. The van der Waals surface area contributed by atoms with Gasteiger partial charge in [-0.05, 0) is 24.8 Å². The summed E-state index contributed by atoms with van der Waals surface area (Å²) < 4.78 is 11.3. The molecule has 0 spiro atoms. The molecule has 1 aromatic carbocycles. The summed E-state index contributed by atoms with van der Waals surface area (Å²) in [5, 5.41) is 9.28. The maximum Gasteiger partial charge on any atom is 0.407 e. The first-order valence-electron chi connectivity index (χ1n) is 9.96. The molecule has 2 aliphatic heterocycles. The largest absolute Gasteiger partial charge is 0.481 e. The average Bonchev–Trinajstić information content (AvgIpc) is 3.21. The van der Waals surface area contributed by atoms with Crippen LogP contribution in [0.5, 0.6) is 11.9 Å². The van der Waals surface area contributed by atoms with Gasteiger partial charge in [-0.15, -0.1) is 0 Å². The van der Waals surface area contributed by atoms with E-state index in [9.17, 15) is 9.90 Å². The molecule has 0 bridgehead atoms. The standard InChI is InChI=1S/C21H26N4O4/c1-28-19-17-9-11-24(12-15-6-3-2-4-7-15)13-18(17)22-20(23-19)29-14-16-8-5-10-25(16)21(26)27/h2-4,6-7,16H,5,8-14H2,1H3,(H,26,27)/t16-/m0/s1. The highest BCUT2D eigenvalue weighted by Crippen LogP contribution is 2.28. The molecule has 29 heavy (non-hydrogen) atoms. The number of benzene rings is 1. The van der Waals surface area contributed by atoms with Gasteiger partial charge in [-0.1, -0.05) is 30.3 Å². The number of fused-ring (bicyclic) bond motifs is 1. The van der Waals surface area contributed by atoms with Crippen LogP contribution in [0.4, 0.5) is 4.79 Å². The third kappa shape index (κ3) is 4.42. The van der Waals surface area contributed by atoms with Crippen LogP contribution in [0.25, 0.3) is 0 Å². The summed E-state index contributed by atoms with van der Waals surface area (Å²) in [7, 11) is 1.60. The normalized spacial score (nSPS) is 19.1. The van der Waals surface area contributed by atoms with E-state index in [0.717, 1.165) is 43.6 Å². The minimum Gasteiger partial charge on any atom is -0.481 e. The van der Waals surface area contributed by atoms with E-state index in [4.69, 9.17) is 9.47 Å². The highest BCUT2D eigenvalue weighted by atomic mass is 16.5. The van der Waals surface area contributed by atoms with Crippen molar-refractivity contribution in [3.63, 3.8) is 0 Å². The zero-order valence-corrected chi connectivity index (χ0v) is 16.6. The summed E-state index contributed by atoms with van der Waals surface area (Å²) in [4.78, 5) is 24.1. The molecule has 154 valence electrons. The van der Waals surface area contributed by atoms with E-state index in [-0.39, 0.29) is 18.7 Å². The summed E-state index contributed by atoms with van der Waals surface area (Å²) >= 11 is 0. The van der Waals surface area contributed by atoms with Gasteiger partial charge in [0.15, 0.2) is 0 Å². The van der Waals surface area contributed by atoms with Gasteiger partial charge in [0, 0.05) is 31.7 Å². The third-order valence-electron chi connectivity index (χ3n) is 5.56. The van der Waals surface area contributed by atoms with Gasteiger partial charge in [-0.25, -0.2) is 4.79 Å². The van der Waals surface area contributed by atoms with Crippen molar-refractivity contribution in [3.8, 4) is 11.9 Å². The maximum absolute atomic E-state index is 11.3. The van der Waals surface area contributed by atoms with Crippen LogP contribution >= 0.6 is 0 Å². The first kappa shape index (κ1) is 19.4. The summed E-state index contributed by atoms with van der Waals surface area (Å²) in [5.41, 5.74) is 3.20. The number of likely N-dealkylation sites (tertiary alicyclic amines) is 1. The van der Waals surface area contributed by atoms with Gasteiger partial charge in [0.25, 0.3) is 0 Å². The maximum atomic E-state index is 11.3. The quantitative estimate of drug-likeness (QED) is 0.800. The van der Waals surface area contributed by atoms with E-state index in [1.807, 2.05) is 18.2 Å². The Labute approximate surface area is 170 Å². The van der Waals surface area contributed by atoms with Gasteiger partial charge in [0.1, 0.15) is 6.61 Å². The van der Waals surface area contributed by atoms with Crippen molar-refractivity contribution in [3.05, 3.63) is 47.2 Å². The van der Waals surface area contributed by atoms with E-state index in [1.54, 1.807) is 7.11 Å². The lowest BCUT2D eigenvalue weighted by atomic mass is 10.1. The predicted molar refractivity (Wildman–Crippen MR) is 106 cm³/mol. The van der Waals surface area contributed by atoms with Crippen molar-refractivity contribution in [1.82, 2.24) is 19.8 Å². The summed E-state index contributed by atoms with van der Waals surface area (Å²) in [6, 6.07) is 10.5. The highest BCUT2D eigenvalue weighted by molar-refractivity contribution is 5.65. The number of amides is 1. The molecule has 1 amide bonds. The van der Waals surface area contributed by atoms with Crippen LogP contribution < -0.4 is 9.47 Å². The lowest BCUT2D eigenvalue weighted by molar-refractivity contribution is 0.120. The first-order valence-corrected chi connectivity index (χ1v) is 9.96. The molecule has 8 heteroatoms. The Kier molecular flexibility index (Phi) is 5.80. The molecule has 3 heterocycles. The van der Waals surface area contributed by atoms with Crippen LogP contribution in [0.1, 0.15) is 29.7 Å². The SMILES string of the molecule is COc1nc(OC[C@@H]2CCCN2C(=O)O)nc2c1CCN(Cc1ccccc1)C2. The number of methoxy groups -OCH3 is 1. The summed E-state index contributed by atoms with van der Waals surface area (Å²) in [6.07, 6.45) is 1.56. The van der Waals surface area contributed by atoms with Crippen molar-refractivity contribution < 1.29 is 19.4 Å². The minimum absolute atomic E-state index is 0.160. The molecule has 1 saturated heterocycles. The number of aromatic nitrogens is 2. The zero-order chi connectivity index (χ0) is 20.2. The molecule has 2 aliphatic rings. The Morgan fingerprint density at radius 3 is 2.83 bits per heavy atom. The molecule has 1 aromatic heterocycles. The van der Waals surface area contributed by atoms with Gasteiger partial charge in [0.05, 0.1) is 18.8 Å². The first-order chi connectivity index (χ1) is 14.1. The fourth-order valence-electron chi connectivity index (χ4n) is 4.07. The van der Waals surface area contributed by atoms with Crippen molar-refractivity contribution in [1.29, 1.82) is 0 Å². The second kappa shape index (κ2) is 8.65. The number of rotatable bonds is 6. The number of hydrogen-bond acceptors (Lipinski definition) is 6. The van der Waals surface area contributed by atoms with Gasteiger partial charge >= 0.3 is 12.1 Å². The second-order valence-electron chi connectivity index (χ2n) is 7.47. The number of hydrogen-bond donors (Lipinski definition) is 1. The molecule has 0 radical (unpaired) electrons. The number of ether oxygens (including phenoxy) is 2. The van der Waals surface area contributed by atoms with Crippen LogP contribution in [-0.2, 0) is 19.5 Å². The van der Waals surface area contributed by atoms with E-state index in [2.05, 4.69) is 27.0 Å². The summed E-state index contributed by atoms with van der Waals surface area (Å²) in [6.45, 7) is 3.27. The fourth-order valence-corrected chi connectivity index (χ4v) is 4.07. The number of nitrogens with zero attached hydrogens (tertiary/aromatic N) is 4. The second-order valence-corrected chi connectivity index (χ2v) is 7.47. The Hall–Kier alpha value is -2.87. The van der Waals surface area contributed by atoms with Crippen molar-refractivity contribution in [2.24, 2.45) is 0 Å². The van der Waals surface area contributed by atoms with Crippen LogP contribution in [0.2, 0.25) is 0 Å². The number of carboxylic acid groups (broad SMARTS) is 1. The Balaban J connectivity index is 1.46. The van der Waals surface area contributed by atoms with E-state index in [1.165, 1.54) is 10.5 Å². The third-order valence-corrected chi connectivity index (χ3v) is 5.56. The van der Waals surface area contributed by atoms with Crippen molar-refractivity contribution >= 4 is 6.09 Å². The topological polar surface area (TPSA) is 88.0 Å². The zero-order valence-electron chi connectivity index (χ0n) is 16.6. The molecule has 0 aliphatic carbocycles. The van der Waals surface area contributed by atoms with Gasteiger partial charge in [-0.3, -0.25) is 4.90 Å². The molecule has 1 N–H and O–H groups in total. The molecule has 0 unspecified atom stereocenters. The molecule has 2 aromatic rings. The highest BCUT2D eigenvalue weighted by Gasteiger charge is 2.30. The monoisotopic (exact) mass is 398 g/mol. The Bertz CT molecular complexity index is 861. The average molecular weight is 398 g/mol. The number of carbonyl (C=O) groups is 1. The Morgan fingerprint density at radius 2 is 2.07 bits per heavy atom. The van der Waals surface area contributed by atoms with Crippen LogP contribution in [-0.4, -0.2) is 63.8 Å². The lowest BCUT2D eigenvalue weighted by Gasteiger charge is -2.29.